The molecular formula is C22H23ClN2O3. The second-order valence-electron chi connectivity index (χ2n) is 7.23. The van der Waals surface area contributed by atoms with Crippen LogP contribution in [0.1, 0.15) is 45.2 Å². The predicted molar refractivity (Wildman–Crippen MR) is 108 cm³/mol. The summed E-state index contributed by atoms with van der Waals surface area (Å²) in [6.07, 6.45) is 1.79. The highest BCUT2D eigenvalue weighted by Crippen LogP contribution is 2.25. The summed E-state index contributed by atoms with van der Waals surface area (Å²) < 4.78 is 5.90. The molecule has 1 atom stereocenters. The van der Waals surface area contributed by atoms with Crippen molar-refractivity contribution in [3.05, 3.63) is 70.2 Å². The summed E-state index contributed by atoms with van der Waals surface area (Å²) in [7, 11) is 0. The van der Waals surface area contributed by atoms with Crippen LogP contribution in [0.25, 0.3) is 0 Å². The van der Waals surface area contributed by atoms with Crippen molar-refractivity contribution in [3.63, 3.8) is 0 Å². The van der Waals surface area contributed by atoms with Crippen LogP contribution in [-0.4, -0.2) is 54.4 Å². The molecule has 0 unspecified atom stereocenters. The number of hydrogen-bond acceptors (Lipinski definition) is 4. The lowest BCUT2D eigenvalue weighted by Gasteiger charge is -2.33. The van der Waals surface area contributed by atoms with E-state index in [1.54, 1.807) is 24.3 Å². The average molecular weight is 399 g/mol. The second kappa shape index (κ2) is 8.43. The number of rotatable bonds is 6. The van der Waals surface area contributed by atoms with Gasteiger partial charge in [-0.1, -0.05) is 35.9 Å². The molecule has 0 N–H and O–H groups in total. The SMILES string of the molecule is O=C1c2ccccc2C(=O)N1CCCCN1CCO[C@H](c2ccc(Cl)cc2)C1. The monoisotopic (exact) mass is 398 g/mol. The fourth-order valence-electron chi connectivity index (χ4n) is 3.83. The maximum atomic E-state index is 12.4. The Hall–Kier alpha value is -2.21. The van der Waals surface area contributed by atoms with Gasteiger partial charge in [-0.15, -0.1) is 0 Å². The first-order valence-corrected chi connectivity index (χ1v) is 10.1. The first-order valence-electron chi connectivity index (χ1n) is 9.68. The zero-order chi connectivity index (χ0) is 19.5. The number of benzene rings is 2. The summed E-state index contributed by atoms with van der Waals surface area (Å²) in [6.45, 7) is 3.84. The second-order valence-corrected chi connectivity index (χ2v) is 7.66. The standard InChI is InChI=1S/C22H23ClN2O3/c23-17-9-7-16(8-10-17)20-15-24(13-14-28-20)11-3-4-12-25-21(26)18-5-1-2-6-19(18)22(25)27/h1-2,5-10,20H,3-4,11-15H2/t20-/m0/s1. The third-order valence-electron chi connectivity index (χ3n) is 5.38. The van der Waals surface area contributed by atoms with Gasteiger partial charge in [-0.25, -0.2) is 0 Å². The van der Waals surface area contributed by atoms with Crippen LogP contribution >= 0.6 is 11.6 Å². The number of imide groups is 1. The molecule has 5 nitrogen and oxygen atoms in total. The van der Waals surface area contributed by atoms with E-state index in [9.17, 15) is 9.59 Å². The fourth-order valence-corrected chi connectivity index (χ4v) is 3.96. The van der Waals surface area contributed by atoms with E-state index in [4.69, 9.17) is 16.3 Å². The minimum absolute atomic E-state index is 0.0576. The Morgan fingerprint density at radius 2 is 1.57 bits per heavy atom. The van der Waals surface area contributed by atoms with E-state index in [2.05, 4.69) is 4.90 Å². The van der Waals surface area contributed by atoms with Gasteiger partial charge < -0.3 is 4.74 Å². The number of carbonyl (C=O) groups is 2. The highest BCUT2D eigenvalue weighted by atomic mass is 35.5. The Kier molecular flexibility index (Phi) is 5.76. The third-order valence-corrected chi connectivity index (χ3v) is 5.63. The molecule has 0 radical (unpaired) electrons. The summed E-state index contributed by atoms with van der Waals surface area (Å²) in [4.78, 5) is 28.5. The Morgan fingerprint density at radius 1 is 0.929 bits per heavy atom. The Balaban J connectivity index is 1.25. The van der Waals surface area contributed by atoms with E-state index in [1.165, 1.54) is 4.90 Å². The van der Waals surface area contributed by atoms with Crippen LogP contribution in [0.3, 0.4) is 0 Å². The third kappa shape index (κ3) is 3.97. The van der Waals surface area contributed by atoms with Gasteiger partial charge in [0.05, 0.1) is 23.8 Å². The van der Waals surface area contributed by atoms with Gasteiger partial charge in [0.2, 0.25) is 0 Å². The molecule has 0 saturated carbocycles. The minimum Gasteiger partial charge on any atom is -0.371 e. The van der Waals surface area contributed by atoms with Gasteiger partial charge in [0, 0.05) is 24.7 Å². The lowest BCUT2D eigenvalue weighted by Crippen LogP contribution is -2.39. The van der Waals surface area contributed by atoms with Crippen molar-refractivity contribution >= 4 is 23.4 Å². The molecule has 2 aromatic carbocycles. The van der Waals surface area contributed by atoms with Crippen LogP contribution < -0.4 is 0 Å². The van der Waals surface area contributed by atoms with Crippen molar-refractivity contribution in [2.75, 3.05) is 32.8 Å². The lowest BCUT2D eigenvalue weighted by molar-refractivity contribution is -0.0304. The van der Waals surface area contributed by atoms with Gasteiger partial charge in [0.15, 0.2) is 0 Å². The van der Waals surface area contributed by atoms with Crippen molar-refractivity contribution in [2.45, 2.75) is 18.9 Å². The van der Waals surface area contributed by atoms with Crippen LogP contribution in [0.2, 0.25) is 5.02 Å². The maximum Gasteiger partial charge on any atom is 0.261 e. The van der Waals surface area contributed by atoms with Crippen LogP contribution in [0, 0.1) is 0 Å². The Labute approximate surface area is 169 Å². The van der Waals surface area contributed by atoms with E-state index in [0.29, 0.717) is 24.3 Å². The van der Waals surface area contributed by atoms with Crippen LogP contribution in [0.15, 0.2) is 48.5 Å². The molecule has 2 aliphatic rings. The molecule has 146 valence electrons. The molecule has 0 bridgehead atoms. The van der Waals surface area contributed by atoms with Crippen molar-refractivity contribution in [3.8, 4) is 0 Å². The number of carbonyl (C=O) groups excluding carboxylic acids is 2. The van der Waals surface area contributed by atoms with Gasteiger partial charge in [-0.3, -0.25) is 19.4 Å². The normalized spacial score (nSPS) is 19.9. The molecule has 0 spiro atoms. The highest BCUT2D eigenvalue weighted by Gasteiger charge is 2.34. The van der Waals surface area contributed by atoms with E-state index >= 15 is 0 Å². The zero-order valence-electron chi connectivity index (χ0n) is 15.6. The summed E-state index contributed by atoms with van der Waals surface area (Å²) in [5.74, 6) is -0.343. The minimum atomic E-state index is -0.172. The van der Waals surface area contributed by atoms with Crippen molar-refractivity contribution < 1.29 is 14.3 Å². The van der Waals surface area contributed by atoms with E-state index < -0.39 is 0 Å². The van der Waals surface area contributed by atoms with Gasteiger partial charge in [0.25, 0.3) is 11.8 Å². The molecule has 28 heavy (non-hydrogen) atoms. The number of unbranched alkanes of at least 4 members (excludes halogenated alkanes) is 1. The van der Waals surface area contributed by atoms with Crippen molar-refractivity contribution in [1.82, 2.24) is 9.80 Å². The largest absolute Gasteiger partial charge is 0.371 e. The number of hydrogen-bond donors (Lipinski definition) is 0. The van der Waals surface area contributed by atoms with Gasteiger partial charge in [-0.05, 0) is 49.2 Å². The summed E-state index contributed by atoms with van der Waals surface area (Å²) in [6, 6.07) is 14.8. The fraction of sp³-hybridized carbons (Fsp3) is 0.364. The topological polar surface area (TPSA) is 49.9 Å². The molecule has 2 aromatic rings. The van der Waals surface area contributed by atoms with E-state index in [1.807, 2.05) is 24.3 Å². The number of amides is 2. The summed E-state index contributed by atoms with van der Waals surface area (Å²) in [5, 5.41) is 0.726. The van der Waals surface area contributed by atoms with Gasteiger partial charge in [-0.2, -0.15) is 0 Å². The molecule has 4 rings (SSSR count). The molecule has 2 aliphatic heterocycles. The quantitative estimate of drug-likeness (QED) is 0.548. The Morgan fingerprint density at radius 3 is 2.25 bits per heavy atom. The van der Waals surface area contributed by atoms with Crippen molar-refractivity contribution in [2.24, 2.45) is 0 Å². The van der Waals surface area contributed by atoms with Crippen molar-refractivity contribution in [1.29, 1.82) is 0 Å². The first kappa shape index (κ1) is 19.1. The maximum absolute atomic E-state index is 12.4. The van der Waals surface area contributed by atoms with E-state index in [-0.39, 0.29) is 17.9 Å². The lowest BCUT2D eigenvalue weighted by atomic mass is 10.1. The molecule has 1 saturated heterocycles. The predicted octanol–water partition coefficient (Wildman–Crippen LogP) is 3.79. The van der Waals surface area contributed by atoms with Gasteiger partial charge in [0.1, 0.15) is 0 Å². The number of morpholine rings is 1. The van der Waals surface area contributed by atoms with Crippen LogP contribution in [0.5, 0.6) is 0 Å². The first-order chi connectivity index (χ1) is 13.6. The number of fused-ring (bicyclic) bond motifs is 1. The summed E-state index contributed by atoms with van der Waals surface area (Å²) >= 11 is 5.96. The van der Waals surface area contributed by atoms with Crippen LogP contribution in [-0.2, 0) is 4.74 Å². The molecular weight excluding hydrogens is 376 g/mol. The molecule has 0 aromatic heterocycles. The molecule has 1 fully saturated rings. The summed E-state index contributed by atoms with van der Waals surface area (Å²) in [5.41, 5.74) is 2.18. The van der Waals surface area contributed by atoms with Gasteiger partial charge >= 0.3 is 0 Å². The van der Waals surface area contributed by atoms with Crippen LogP contribution in [0.4, 0.5) is 0 Å². The smallest absolute Gasteiger partial charge is 0.261 e. The molecule has 2 heterocycles. The zero-order valence-corrected chi connectivity index (χ0v) is 16.4. The Bertz CT molecular complexity index is 833. The highest BCUT2D eigenvalue weighted by molar-refractivity contribution is 6.30. The average Bonchev–Trinajstić information content (AvgIpc) is 2.97. The number of nitrogens with zero attached hydrogens (tertiary/aromatic N) is 2. The molecule has 0 aliphatic carbocycles. The molecule has 6 heteroatoms. The van der Waals surface area contributed by atoms with E-state index in [0.717, 1.165) is 43.1 Å². The number of halogens is 1. The number of ether oxygens (including phenoxy) is 1. The molecule has 2 amide bonds.